The monoisotopic (exact) mass is 1110 g/mol. The van der Waals surface area contributed by atoms with Gasteiger partial charge in [0.1, 0.15) is 0 Å². The molecule has 0 bridgehead atoms. The largest absolute Gasteiger partial charge is 0.636 e. The van der Waals surface area contributed by atoms with Gasteiger partial charge >= 0.3 is 35.5 Å². The van der Waals surface area contributed by atoms with Gasteiger partial charge in [0.2, 0.25) is 0 Å². The van der Waals surface area contributed by atoms with Crippen LogP contribution in [0.25, 0.3) is 0 Å². The van der Waals surface area contributed by atoms with E-state index >= 15 is 0 Å². The van der Waals surface area contributed by atoms with E-state index in [0.717, 1.165) is 12.5 Å². The second-order valence-electron chi connectivity index (χ2n) is 14.3. The molecule has 0 spiro atoms. The Morgan fingerprint density at radius 1 is 0.360 bits per heavy atom. The molecule has 0 N–H and O–H groups in total. The molecule has 0 fully saturated rings. The van der Waals surface area contributed by atoms with Gasteiger partial charge in [0.05, 0.1) is 0 Å². The Morgan fingerprint density at radius 2 is 0.580 bits per heavy atom. The first-order valence-corrected chi connectivity index (χ1v) is 36.6. The minimum atomic E-state index is -3.91. The van der Waals surface area contributed by atoms with Crippen LogP contribution in [0.1, 0.15) is 6.42 Å². The average molecular weight is 1110 g/mol. The molecular formula is C27H71O14RfSi8-. The van der Waals surface area contributed by atoms with E-state index in [1.807, 2.05) is 0 Å². The second kappa shape index (κ2) is 22.5. The SMILES string of the molecule is [CH2-]OCCC[Si](C)(C)O[Si](O[Si](C)(C)CC[Si](OC)(OC)OC)(O[Si](C)(C)CC[Si](OC)(OC)OC)O[Si](C)(C)CC[Si](OC)(OC)OC.[Rf]. The zero-order chi connectivity index (χ0) is 38.3. The van der Waals surface area contributed by atoms with Crippen LogP contribution < -0.4 is 0 Å². The molecule has 23 heteroatoms. The van der Waals surface area contributed by atoms with Crippen LogP contribution in [0.4, 0.5) is 0 Å². The molecule has 0 aliphatic heterocycles. The molecule has 0 amide bonds. The zero-order valence-corrected chi connectivity index (χ0v) is 48.9. The van der Waals surface area contributed by atoms with Gasteiger partial charge in [-0.2, -0.15) is 0 Å². The van der Waals surface area contributed by atoms with Gasteiger partial charge in [0.15, 0.2) is 33.3 Å². The topological polar surface area (TPSA) is 129 Å². The van der Waals surface area contributed by atoms with Gasteiger partial charge in [-0.25, -0.2) is 7.11 Å². The van der Waals surface area contributed by atoms with Crippen LogP contribution in [0, 0.1) is 7.11 Å². The molecule has 14 nitrogen and oxygen atoms in total. The minimum Gasteiger partial charge on any atom is -0.555 e. The summed E-state index contributed by atoms with van der Waals surface area (Å²) in [6, 6.07) is 4.60. The van der Waals surface area contributed by atoms with Gasteiger partial charge in [-0.1, -0.05) is 0 Å². The van der Waals surface area contributed by atoms with Crippen molar-refractivity contribution in [1.82, 2.24) is 0 Å². The van der Waals surface area contributed by atoms with Crippen LogP contribution in [0.15, 0.2) is 0 Å². The van der Waals surface area contributed by atoms with Gasteiger partial charge in [-0.15, -0.1) is 0 Å². The summed E-state index contributed by atoms with van der Waals surface area (Å²) in [6.07, 6.45) is 0.798. The zero-order valence-electron chi connectivity index (χ0n) is 34.5. The standard InChI is InChI=1S/C27H71O14Si8.Rf/c1-28-20-19-21-42(11,12)38-49(39-43(13,14)22-25-46(29-2,30-3)31-4,40-44(15,16)23-26-47(32-5,33-6)34-7)41-45(17,18)24-27-48(35-8,36-9)37-10;/h1,19-27H2,2-18H3;/q-1;. The summed E-state index contributed by atoms with van der Waals surface area (Å²) in [5, 5.41) is 0. The summed E-state index contributed by atoms with van der Waals surface area (Å²) in [5.74, 6) is 0. The average Bonchev–Trinajstić information content (AvgIpc) is 3.03. The maximum Gasteiger partial charge on any atom is 0.636 e. The van der Waals surface area contributed by atoms with Crippen LogP contribution in [0.3, 0.4) is 0 Å². The van der Waals surface area contributed by atoms with Crippen molar-refractivity contribution >= 4 is 68.7 Å². The Bertz CT molecular complexity index is 796. The molecule has 0 aromatic heterocycles. The third-order valence-corrected chi connectivity index (χ3v) is 37.0. The van der Waals surface area contributed by atoms with Crippen molar-refractivity contribution in [3.63, 3.8) is 0 Å². The number of hydrogen-bond acceptors (Lipinski definition) is 14. The van der Waals surface area contributed by atoms with Crippen LogP contribution in [-0.2, 0) is 61.0 Å². The Balaban J connectivity index is 0. The summed E-state index contributed by atoms with van der Waals surface area (Å²) in [7, 11) is -4.65. The smallest absolute Gasteiger partial charge is 0.555 e. The van der Waals surface area contributed by atoms with Crippen molar-refractivity contribution in [3.8, 4) is 0 Å². The molecule has 0 radical (unpaired) electrons. The van der Waals surface area contributed by atoms with E-state index in [4.69, 9.17) is 61.0 Å². The van der Waals surface area contributed by atoms with E-state index in [-0.39, 0.29) is 0 Å². The first-order chi connectivity index (χ1) is 22.6. The van der Waals surface area contributed by atoms with Crippen LogP contribution >= 0.6 is 0 Å². The molecule has 0 saturated heterocycles. The van der Waals surface area contributed by atoms with Crippen LogP contribution in [0.5, 0.6) is 0 Å². The fourth-order valence-corrected chi connectivity index (χ4v) is 36.3. The summed E-state index contributed by atoms with van der Waals surface area (Å²) >= 11 is 0. The van der Waals surface area contributed by atoms with E-state index in [9.17, 15) is 0 Å². The van der Waals surface area contributed by atoms with Crippen molar-refractivity contribution in [2.24, 2.45) is 0 Å². The predicted molar refractivity (Wildman–Crippen MR) is 210 cm³/mol. The minimum absolute atomic E-state index is 0. The van der Waals surface area contributed by atoms with Gasteiger partial charge in [0, 0.05) is 88.7 Å². The molecule has 0 aliphatic carbocycles. The summed E-state index contributed by atoms with van der Waals surface area (Å²) in [6.45, 7) is 17.9. The van der Waals surface area contributed by atoms with Gasteiger partial charge in [-0.05, 0) is 83.0 Å². The van der Waals surface area contributed by atoms with E-state index in [1.165, 1.54) is 0 Å². The fourth-order valence-electron chi connectivity index (χ4n) is 5.31. The third kappa shape index (κ3) is 17.5. The molecule has 0 aliphatic rings. The van der Waals surface area contributed by atoms with Crippen molar-refractivity contribution in [3.05, 3.63) is 7.11 Å². The molecule has 298 valence electrons. The second-order valence-corrected chi connectivity index (χ2v) is 44.0. The molecule has 0 rings (SSSR count). The van der Waals surface area contributed by atoms with E-state index in [1.54, 1.807) is 64.0 Å². The number of rotatable bonds is 30. The van der Waals surface area contributed by atoms with Gasteiger partial charge in [0.25, 0.3) is 0 Å². The summed E-state index contributed by atoms with van der Waals surface area (Å²) in [5.41, 5.74) is 0. The van der Waals surface area contributed by atoms with Crippen molar-refractivity contribution in [1.29, 1.82) is 0 Å². The number of hydrogen-bond donors (Lipinski definition) is 0. The third-order valence-electron chi connectivity index (χ3n) is 8.57. The molecule has 0 aromatic carbocycles. The molecular weight excluding hydrogens is 1040 g/mol. The van der Waals surface area contributed by atoms with Crippen molar-refractivity contribution in [2.45, 2.75) is 101 Å². The normalized spacial score (nSPS) is 14.3. The molecule has 0 atom stereocenters. The Labute approximate surface area is 307 Å². The van der Waals surface area contributed by atoms with E-state index < -0.39 is 68.7 Å². The van der Waals surface area contributed by atoms with E-state index in [2.05, 4.69) is 59.5 Å². The maximum absolute atomic E-state index is 7.35. The summed E-state index contributed by atoms with van der Waals surface area (Å²) in [4.78, 5) is 0. The van der Waals surface area contributed by atoms with Crippen LogP contribution in [-0.4, -0.2) is 139 Å². The molecule has 0 saturated carbocycles. The Hall–Kier alpha value is 0.175. The van der Waals surface area contributed by atoms with E-state index in [0.29, 0.717) is 42.9 Å². The summed E-state index contributed by atoms with van der Waals surface area (Å²) < 4.78 is 86.4. The van der Waals surface area contributed by atoms with Crippen molar-refractivity contribution < 1.29 is 61.0 Å². The molecule has 0 heterocycles. The van der Waals surface area contributed by atoms with Gasteiger partial charge in [-0.3, -0.25) is 0 Å². The Morgan fingerprint density at radius 3 is 0.780 bits per heavy atom. The molecule has 0 unspecified atom stereocenters. The predicted octanol–water partition coefficient (Wildman–Crippen LogP) is 6.14. The first-order valence-electron chi connectivity index (χ1n) is 16.7. The van der Waals surface area contributed by atoms with Gasteiger partial charge < -0.3 is 61.0 Å². The van der Waals surface area contributed by atoms with Crippen molar-refractivity contribution in [2.75, 3.05) is 70.6 Å². The number of ether oxygens (including phenoxy) is 1. The maximum atomic E-state index is 7.35. The fraction of sp³-hybridized carbons (Fsp3) is 0.963. The molecule has 0 aromatic rings. The molecule has 50 heavy (non-hydrogen) atoms. The Kier molecular flexibility index (Phi) is 23.6. The first kappa shape index (κ1) is 52.3. The van der Waals surface area contributed by atoms with Crippen LogP contribution in [0.2, 0.25) is 94.7 Å². The quantitative estimate of drug-likeness (QED) is 0.0464.